The summed E-state index contributed by atoms with van der Waals surface area (Å²) in [5.41, 5.74) is 0.135. The predicted octanol–water partition coefficient (Wildman–Crippen LogP) is 5.69. The highest BCUT2D eigenvalue weighted by Crippen LogP contribution is 2.36. The van der Waals surface area contributed by atoms with Gasteiger partial charge < -0.3 is 24.0 Å². The molecule has 2 aromatic carbocycles. The number of hydrogen-bond donors (Lipinski definition) is 0. The topological polar surface area (TPSA) is 68.3 Å². The first-order chi connectivity index (χ1) is 17.1. The highest BCUT2D eigenvalue weighted by molar-refractivity contribution is 5.70. The lowest BCUT2D eigenvalue weighted by Crippen LogP contribution is -2.52. The van der Waals surface area contributed by atoms with Crippen molar-refractivity contribution in [1.82, 2.24) is 9.80 Å². The van der Waals surface area contributed by atoms with Crippen LogP contribution >= 0.6 is 0 Å². The van der Waals surface area contributed by atoms with Gasteiger partial charge in [-0.25, -0.2) is 18.4 Å². The molecule has 1 aliphatic heterocycles. The molecule has 1 saturated heterocycles. The van der Waals surface area contributed by atoms with Gasteiger partial charge in [-0.3, -0.25) is 0 Å². The van der Waals surface area contributed by atoms with Gasteiger partial charge in [-0.1, -0.05) is 30.3 Å². The summed E-state index contributed by atoms with van der Waals surface area (Å²) < 4.78 is 45.3. The lowest BCUT2D eigenvalue weighted by Gasteiger charge is -2.43. The summed E-state index contributed by atoms with van der Waals surface area (Å²) in [4.78, 5) is 29.0. The van der Waals surface area contributed by atoms with Crippen LogP contribution in [0.4, 0.5) is 18.4 Å². The molecule has 7 nitrogen and oxygen atoms in total. The molecular weight excluding hydrogens is 470 g/mol. The predicted molar refractivity (Wildman–Crippen MR) is 130 cm³/mol. The van der Waals surface area contributed by atoms with Crippen LogP contribution < -0.4 is 0 Å². The number of nitrogens with zero attached hydrogens (tertiary/aromatic N) is 2. The lowest BCUT2D eigenvalue weighted by atomic mass is 9.90. The number of hydrogen-bond acceptors (Lipinski definition) is 5. The second-order valence-electron chi connectivity index (χ2n) is 9.76. The van der Waals surface area contributed by atoms with Gasteiger partial charge in [-0.15, -0.1) is 0 Å². The Morgan fingerprint density at radius 1 is 1.11 bits per heavy atom. The van der Waals surface area contributed by atoms with E-state index in [0.717, 1.165) is 23.8 Å². The third-order valence-electron chi connectivity index (χ3n) is 5.94. The average Bonchev–Trinajstić information content (AvgIpc) is 2.83. The number of likely N-dealkylation sites (tertiary alicyclic amines) is 1. The van der Waals surface area contributed by atoms with Crippen LogP contribution in [0, 0.1) is 11.6 Å². The van der Waals surface area contributed by atoms with E-state index in [-0.39, 0.29) is 44.3 Å². The van der Waals surface area contributed by atoms with Crippen LogP contribution in [0.2, 0.25) is 0 Å². The summed E-state index contributed by atoms with van der Waals surface area (Å²) in [5, 5.41) is 0. The number of piperidine rings is 1. The second-order valence-corrected chi connectivity index (χ2v) is 9.76. The summed E-state index contributed by atoms with van der Waals surface area (Å²) in [6.07, 6.45) is -0.560. The highest BCUT2D eigenvalue weighted by Gasteiger charge is 2.39. The quantitative estimate of drug-likeness (QED) is 0.485. The van der Waals surface area contributed by atoms with Crippen LogP contribution in [0.1, 0.15) is 50.8 Å². The van der Waals surface area contributed by atoms with Crippen molar-refractivity contribution in [2.75, 3.05) is 26.8 Å². The molecule has 2 aromatic rings. The Hall–Kier alpha value is -3.20. The van der Waals surface area contributed by atoms with Gasteiger partial charge in [0.15, 0.2) is 0 Å². The standard InChI is InChI=1S/C27H34F2N2O5/c1-27(2,3)36-26(33)30(14-15-34-4)21-12-13-31(25(32)35-18-19-8-6-5-7-9-19)24(17-21)22-16-20(28)10-11-23(22)29/h5-11,16,21,24H,12-15,17-18H2,1-4H3/t21-,24+/m1/s1. The van der Waals surface area contributed by atoms with Crippen molar-refractivity contribution < 1.29 is 32.6 Å². The average molecular weight is 505 g/mol. The Labute approximate surface area is 210 Å². The zero-order chi connectivity index (χ0) is 26.3. The van der Waals surface area contributed by atoms with E-state index in [9.17, 15) is 18.4 Å². The van der Waals surface area contributed by atoms with Gasteiger partial charge in [-0.05, 0) is 57.4 Å². The van der Waals surface area contributed by atoms with Crippen molar-refractivity contribution in [1.29, 1.82) is 0 Å². The molecule has 0 bridgehead atoms. The Morgan fingerprint density at radius 3 is 2.50 bits per heavy atom. The van der Waals surface area contributed by atoms with Gasteiger partial charge in [0.25, 0.3) is 0 Å². The number of amides is 2. The van der Waals surface area contributed by atoms with Crippen molar-refractivity contribution >= 4 is 12.2 Å². The Kier molecular flexibility index (Phi) is 9.25. The molecule has 0 aromatic heterocycles. The molecule has 36 heavy (non-hydrogen) atoms. The second kappa shape index (κ2) is 12.2. The molecule has 1 heterocycles. The zero-order valence-corrected chi connectivity index (χ0v) is 21.2. The first-order valence-electron chi connectivity index (χ1n) is 12.0. The molecule has 196 valence electrons. The van der Waals surface area contributed by atoms with E-state index in [0.29, 0.717) is 6.42 Å². The molecule has 1 fully saturated rings. The van der Waals surface area contributed by atoms with Gasteiger partial charge in [0.2, 0.25) is 0 Å². The molecule has 1 aliphatic rings. The summed E-state index contributed by atoms with van der Waals surface area (Å²) in [6, 6.07) is 11.1. The zero-order valence-electron chi connectivity index (χ0n) is 21.2. The van der Waals surface area contributed by atoms with E-state index in [1.165, 1.54) is 12.0 Å². The molecule has 0 spiro atoms. The first-order valence-corrected chi connectivity index (χ1v) is 12.0. The monoisotopic (exact) mass is 504 g/mol. The number of benzene rings is 2. The van der Waals surface area contributed by atoms with Crippen LogP contribution in [0.25, 0.3) is 0 Å². The number of carbonyl (C=O) groups is 2. The van der Waals surface area contributed by atoms with Gasteiger partial charge in [0, 0.05) is 31.8 Å². The Bertz CT molecular complexity index is 1030. The fourth-order valence-electron chi connectivity index (χ4n) is 4.25. The number of rotatable bonds is 7. The maximum Gasteiger partial charge on any atom is 0.410 e. The van der Waals surface area contributed by atoms with Crippen molar-refractivity contribution in [2.45, 2.75) is 57.9 Å². The first kappa shape index (κ1) is 27.4. The van der Waals surface area contributed by atoms with E-state index in [4.69, 9.17) is 14.2 Å². The van der Waals surface area contributed by atoms with Crippen molar-refractivity contribution in [3.63, 3.8) is 0 Å². The van der Waals surface area contributed by atoms with Crippen molar-refractivity contribution in [3.05, 3.63) is 71.3 Å². The SMILES string of the molecule is COCCN(C(=O)OC(C)(C)C)[C@@H]1CCN(C(=O)OCc2ccccc2)[C@H](c2cc(F)ccc2F)C1. The lowest BCUT2D eigenvalue weighted by molar-refractivity contribution is -0.00555. The number of halogens is 2. The number of carbonyl (C=O) groups excluding carboxylic acids is 2. The summed E-state index contributed by atoms with van der Waals surface area (Å²) in [5.74, 6) is -1.25. The van der Waals surface area contributed by atoms with Gasteiger partial charge >= 0.3 is 12.2 Å². The van der Waals surface area contributed by atoms with Crippen molar-refractivity contribution in [2.24, 2.45) is 0 Å². The third kappa shape index (κ3) is 7.40. The summed E-state index contributed by atoms with van der Waals surface area (Å²) in [7, 11) is 1.53. The van der Waals surface area contributed by atoms with E-state index in [2.05, 4.69) is 0 Å². The summed E-state index contributed by atoms with van der Waals surface area (Å²) in [6.45, 7) is 6.09. The molecule has 0 N–H and O–H groups in total. The van der Waals surface area contributed by atoms with E-state index >= 15 is 0 Å². The minimum absolute atomic E-state index is 0.0345. The molecule has 0 saturated carbocycles. The maximum atomic E-state index is 14.9. The molecule has 0 aliphatic carbocycles. The van der Waals surface area contributed by atoms with Gasteiger partial charge in [0.05, 0.1) is 12.6 Å². The van der Waals surface area contributed by atoms with Gasteiger partial charge in [-0.2, -0.15) is 0 Å². The molecule has 2 amide bonds. The Morgan fingerprint density at radius 2 is 1.83 bits per heavy atom. The third-order valence-corrected chi connectivity index (χ3v) is 5.94. The van der Waals surface area contributed by atoms with E-state index < -0.39 is 35.5 Å². The molecule has 0 radical (unpaired) electrons. The van der Waals surface area contributed by atoms with E-state index in [1.807, 2.05) is 30.3 Å². The van der Waals surface area contributed by atoms with Gasteiger partial charge in [0.1, 0.15) is 23.8 Å². The number of methoxy groups -OCH3 is 1. The van der Waals surface area contributed by atoms with Crippen LogP contribution in [0.3, 0.4) is 0 Å². The molecule has 3 rings (SSSR count). The molecule has 2 atom stereocenters. The minimum atomic E-state index is -0.838. The van der Waals surface area contributed by atoms with Crippen molar-refractivity contribution in [3.8, 4) is 0 Å². The van der Waals surface area contributed by atoms with Crippen LogP contribution in [-0.2, 0) is 20.8 Å². The highest BCUT2D eigenvalue weighted by atomic mass is 19.1. The maximum absolute atomic E-state index is 14.9. The molecular formula is C27H34F2N2O5. The largest absolute Gasteiger partial charge is 0.445 e. The van der Waals surface area contributed by atoms with Crippen LogP contribution in [0.5, 0.6) is 0 Å². The normalized spacial score (nSPS) is 18.0. The fourth-order valence-corrected chi connectivity index (χ4v) is 4.25. The Balaban J connectivity index is 1.86. The summed E-state index contributed by atoms with van der Waals surface area (Å²) >= 11 is 0. The smallest absolute Gasteiger partial charge is 0.410 e. The van der Waals surface area contributed by atoms with Crippen LogP contribution in [-0.4, -0.2) is 60.4 Å². The van der Waals surface area contributed by atoms with E-state index in [1.54, 1.807) is 25.7 Å². The minimum Gasteiger partial charge on any atom is -0.445 e. The molecule has 0 unspecified atom stereocenters. The fraction of sp³-hybridized carbons (Fsp3) is 0.481. The molecule has 9 heteroatoms. The van der Waals surface area contributed by atoms with Crippen LogP contribution in [0.15, 0.2) is 48.5 Å². The number of ether oxygens (including phenoxy) is 3.